The predicted molar refractivity (Wildman–Crippen MR) is 110 cm³/mol. The van der Waals surface area contributed by atoms with Gasteiger partial charge < -0.3 is 4.42 Å². The lowest BCUT2D eigenvalue weighted by Crippen LogP contribution is -2.30. The smallest absolute Gasteiger partial charge is 0.195 e. The molecule has 6 heteroatoms. The van der Waals surface area contributed by atoms with E-state index in [-0.39, 0.29) is 0 Å². The van der Waals surface area contributed by atoms with Crippen molar-refractivity contribution in [3.8, 4) is 22.2 Å². The molecule has 5 nitrogen and oxygen atoms in total. The average Bonchev–Trinajstić information content (AvgIpc) is 3.39. The summed E-state index contributed by atoms with van der Waals surface area (Å²) in [6, 6.07) is 14.2. The molecule has 5 rings (SSSR count). The van der Waals surface area contributed by atoms with Crippen molar-refractivity contribution in [1.82, 2.24) is 19.9 Å². The molecule has 3 aromatic heterocycles. The highest BCUT2D eigenvalue weighted by molar-refractivity contribution is 7.15. The minimum Gasteiger partial charge on any atom is -0.461 e. The summed E-state index contributed by atoms with van der Waals surface area (Å²) < 4.78 is 5.42. The summed E-state index contributed by atoms with van der Waals surface area (Å²) in [4.78, 5) is 17.8. The Hall–Kier alpha value is -2.83. The van der Waals surface area contributed by atoms with E-state index in [0.29, 0.717) is 5.82 Å². The summed E-state index contributed by atoms with van der Waals surface area (Å²) in [5, 5.41) is 1.09. The molecule has 0 amide bonds. The van der Waals surface area contributed by atoms with Crippen molar-refractivity contribution in [3.63, 3.8) is 0 Å². The van der Waals surface area contributed by atoms with E-state index in [1.54, 1.807) is 17.6 Å². The van der Waals surface area contributed by atoms with Gasteiger partial charge in [-0.3, -0.25) is 4.90 Å². The number of fused-ring (bicyclic) bond motifs is 1. The minimum atomic E-state index is 0.669. The third kappa shape index (κ3) is 3.37. The van der Waals surface area contributed by atoms with Crippen molar-refractivity contribution >= 4 is 11.3 Å². The van der Waals surface area contributed by atoms with Crippen molar-refractivity contribution in [3.05, 3.63) is 76.8 Å². The number of thiazole rings is 1. The molecule has 0 saturated carbocycles. The van der Waals surface area contributed by atoms with E-state index in [0.717, 1.165) is 48.2 Å². The molecule has 0 unspecified atom stereocenters. The highest BCUT2D eigenvalue weighted by atomic mass is 32.1. The highest BCUT2D eigenvalue weighted by Crippen LogP contribution is 2.30. The number of nitrogens with zero attached hydrogens (tertiary/aromatic N) is 4. The predicted octanol–water partition coefficient (Wildman–Crippen LogP) is 4.73. The van der Waals surface area contributed by atoms with Gasteiger partial charge in [-0.1, -0.05) is 30.3 Å². The maximum absolute atomic E-state index is 5.42. The molecule has 0 atom stereocenters. The second kappa shape index (κ2) is 7.30. The van der Waals surface area contributed by atoms with Gasteiger partial charge in [-0.15, -0.1) is 11.3 Å². The molecule has 0 spiro atoms. The Bertz CT molecular complexity index is 1090. The fourth-order valence-electron chi connectivity index (χ4n) is 3.52. The summed E-state index contributed by atoms with van der Waals surface area (Å²) in [6.45, 7) is 4.87. The number of aryl methyl sites for hydroxylation is 1. The molecular weight excluding hydrogens is 368 g/mol. The standard InChI is InChI=1S/C22H20N4OS/c1-15-20(28-22(24-15)16-6-3-2-4-7-16)14-26-10-9-18-17(13-26)12-23-21(25-18)19-8-5-11-27-19/h2-8,11-12H,9-10,13-14H2,1H3. The van der Waals surface area contributed by atoms with Gasteiger partial charge in [0.05, 0.1) is 17.7 Å². The number of hydrogen-bond donors (Lipinski definition) is 0. The number of aromatic nitrogens is 3. The van der Waals surface area contributed by atoms with E-state index in [2.05, 4.69) is 41.1 Å². The molecule has 0 N–H and O–H groups in total. The minimum absolute atomic E-state index is 0.669. The van der Waals surface area contributed by atoms with Crippen LogP contribution in [0.4, 0.5) is 0 Å². The number of hydrogen-bond acceptors (Lipinski definition) is 6. The molecule has 0 aliphatic carbocycles. The first-order valence-electron chi connectivity index (χ1n) is 9.39. The van der Waals surface area contributed by atoms with Crippen LogP contribution in [0.3, 0.4) is 0 Å². The van der Waals surface area contributed by atoms with E-state index in [1.807, 2.05) is 24.4 Å². The van der Waals surface area contributed by atoms with Crippen LogP contribution in [0.15, 0.2) is 59.3 Å². The lowest BCUT2D eigenvalue weighted by Gasteiger charge is -2.27. The van der Waals surface area contributed by atoms with E-state index in [4.69, 9.17) is 14.4 Å². The Balaban J connectivity index is 1.33. The van der Waals surface area contributed by atoms with E-state index >= 15 is 0 Å². The quantitative estimate of drug-likeness (QED) is 0.506. The first kappa shape index (κ1) is 17.3. The Labute approximate surface area is 167 Å². The zero-order valence-corrected chi connectivity index (χ0v) is 16.4. The van der Waals surface area contributed by atoms with Crippen LogP contribution in [0.25, 0.3) is 22.2 Å². The zero-order valence-electron chi connectivity index (χ0n) is 15.6. The number of furan rings is 1. The molecule has 1 aromatic carbocycles. The maximum atomic E-state index is 5.42. The van der Waals surface area contributed by atoms with Crippen LogP contribution in [-0.4, -0.2) is 26.4 Å². The van der Waals surface area contributed by atoms with Crippen molar-refractivity contribution < 1.29 is 4.42 Å². The number of benzene rings is 1. The van der Waals surface area contributed by atoms with Crippen molar-refractivity contribution in [1.29, 1.82) is 0 Å². The molecule has 0 bridgehead atoms. The lowest BCUT2D eigenvalue weighted by molar-refractivity contribution is 0.244. The summed E-state index contributed by atoms with van der Waals surface area (Å²) in [5.74, 6) is 1.39. The normalized spacial score (nSPS) is 14.2. The van der Waals surface area contributed by atoms with Crippen LogP contribution < -0.4 is 0 Å². The van der Waals surface area contributed by atoms with Crippen molar-refractivity contribution in [2.75, 3.05) is 6.54 Å². The van der Waals surface area contributed by atoms with Crippen LogP contribution >= 0.6 is 11.3 Å². The van der Waals surface area contributed by atoms with Crippen LogP contribution in [0.1, 0.15) is 21.8 Å². The van der Waals surface area contributed by atoms with Crippen LogP contribution in [-0.2, 0) is 19.5 Å². The Morgan fingerprint density at radius 1 is 1.11 bits per heavy atom. The van der Waals surface area contributed by atoms with Gasteiger partial charge in [0.15, 0.2) is 11.6 Å². The largest absolute Gasteiger partial charge is 0.461 e. The monoisotopic (exact) mass is 388 g/mol. The van der Waals surface area contributed by atoms with Gasteiger partial charge in [-0.2, -0.15) is 0 Å². The van der Waals surface area contributed by atoms with Crippen LogP contribution in [0.5, 0.6) is 0 Å². The molecule has 4 aromatic rings. The number of rotatable bonds is 4. The van der Waals surface area contributed by atoms with Crippen LogP contribution in [0.2, 0.25) is 0 Å². The maximum Gasteiger partial charge on any atom is 0.195 e. The summed E-state index contributed by atoms with van der Waals surface area (Å²) in [6.07, 6.45) is 4.53. The molecule has 1 aliphatic heterocycles. The van der Waals surface area contributed by atoms with Crippen LogP contribution in [0, 0.1) is 6.92 Å². The molecule has 4 heterocycles. The van der Waals surface area contributed by atoms with Gasteiger partial charge in [0.1, 0.15) is 5.01 Å². The average molecular weight is 388 g/mol. The molecule has 28 heavy (non-hydrogen) atoms. The first-order chi connectivity index (χ1) is 13.8. The summed E-state index contributed by atoms with van der Waals surface area (Å²) in [5.41, 5.74) is 4.64. The van der Waals surface area contributed by atoms with Gasteiger partial charge in [-0.25, -0.2) is 15.0 Å². The first-order valence-corrected chi connectivity index (χ1v) is 10.2. The van der Waals surface area contributed by atoms with Gasteiger partial charge in [0.2, 0.25) is 0 Å². The highest BCUT2D eigenvalue weighted by Gasteiger charge is 2.21. The van der Waals surface area contributed by atoms with Gasteiger partial charge in [-0.05, 0) is 19.1 Å². The van der Waals surface area contributed by atoms with Gasteiger partial charge in [0, 0.05) is 48.3 Å². The van der Waals surface area contributed by atoms with Gasteiger partial charge >= 0.3 is 0 Å². The van der Waals surface area contributed by atoms with Gasteiger partial charge in [0.25, 0.3) is 0 Å². The third-order valence-electron chi connectivity index (χ3n) is 5.04. The third-order valence-corrected chi connectivity index (χ3v) is 6.23. The lowest BCUT2D eigenvalue weighted by atomic mass is 10.1. The van der Waals surface area contributed by atoms with Crippen molar-refractivity contribution in [2.24, 2.45) is 0 Å². The fourth-order valence-corrected chi connectivity index (χ4v) is 4.63. The molecule has 1 aliphatic rings. The van der Waals surface area contributed by atoms with E-state index in [1.165, 1.54) is 16.0 Å². The van der Waals surface area contributed by atoms with E-state index in [9.17, 15) is 0 Å². The molecule has 140 valence electrons. The summed E-state index contributed by atoms with van der Waals surface area (Å²) >= 11 is 1.79. The molecule has 0 saturated heterocycles. The Morgan fingerprint density at radius 3 is 2.82 bits per heavy atom. The Kier molecular flexibility index (Phi) is 4.50. The second-order valence-corrected chi connectivity index (χ2v) is 8.08. The van der Waals surface area contributed by atoms with Crippen molar-refractivity contribution in [2.45, 2.75) is 26.4 Å². The molecule has 0 radical (unpaired) electrons. The topological polar surface area (TPSA) is 55.1 Å². The summed E-state index contributed by atoms with van der Waals surface area (Å²) in [7, 11) is 0. The Morgan fingerprint density at radius 2 is 2.00 bits per heavy atom. The second-order valence-electron chi connectivity index (χ2n) is 7.00. The fraction of sp³-hybridized carbons (Fsp3) is 0.227. The zero-order chi connectivity index (χ0) is 18.9. The van der Waals surface area contributed by atoms with E-state index < -0.39 is 0 Å². The molecular formula is C22H20N4OS. The SMILES string of the molecule is Cc1nc(-c2ccccc2)sc1CN1CCc2nc(-c3ccco3)ncc2C1. The molecule has 0 fully saturated rings.